The van der Waals surface area contributed by atoms with Gasteiger partial charge in [0.15, 0.2) is 5.82 Å². The highest BCUT2D eigenvalue weighted by molar-refractivity contribution is 6.35. The van der Waals surface area contributed by atoms with Crippen molar-refractivity contribution >= 4 is 34.8 Å². The Labute approximate surface area is 155 Å². The number of benzene rings is 1. The molecule has 8 heteroatoms. The van der Waals surface area contributed by atoms with Crippen molar-refractivity contribution in [2.45, 2.75) is 43.6 Å². The van der Waals surface area contributed by atoms with Gasteiger partial charge in [-0.3, -0.25) is 4.79 Å². The Morgan fingerprint density at radius 3 is 2.80 bits per heavy atom. The van der Waals surface area contributed by atoms with E-state index in [-0.39, 0.29) is 5.91 Å². The monoisotopic (exact) mass is 380 g/mol. The molecule has 2 aromatic rings. The second-order valence-electron chi connectivity index (χ2n) is 6.75. The van der Waals surface area contributed by atoms with Crippen LogP contribution in [0.3, 0.4) is 0 Å². The van der Waals surface area contributed by atoms with E-state index in [0.717, 1.165) is 25.7 Å². The minimum Gasteiger partial charge on any atom is -0.338 e. The molecular formula is C17H18Cl2N4O2. The van der Waals surface area contributed by atoms with Crippen molar-refractivity contribution < 1.29 is 9.32 Å². The zero-order chi connectivity index (χ0) is 17.6. The lowest BCUT2D eigenvalue weighted by Gasteiger charge is -2.18. The van der Waals surface area contributed by atoms with Gasteiger partial charge >= 0.3 is 0 Å². The standard InChI is InChI=1S/C17H18Cl2N4O2/c18-10-3-4-12(19)13(9-10)23-8-5-11(15(23)24)14-21-16(22-25-14)17(20)6-1-2-7-17/h3-4,9,11H,1-2,5-8,20H2. The van der Waals surface area contributed by atoms with Gasteiger partial charge < -0.3 is 15.2 Å². The number of nitrogens with zero attached hydrogens (tertiary/aromatic N) is 3. The first kappa shape index (κ1) is 16.8. The van der Waals surface area contributed by atoms with Crippen LogP contribution < -0.4 is 10.6 Å². The fourth-order valence-electron chi connectivity index (χ4n) is 3.65. The largest absolute Gasteiger partial charge is 0.338 e. The molecule has 1 saturated heterocycles. The van der Waals surface area contributed by atoms with E-state index >= 15 is 0 Å². The summed E-state index contributed by atoms with van der Waals surface area (Å²) in [5, 5.41) is 5.06. The lowest BCUT2D eigenvalue weighted by atomic mass is 9.98. The number of hydrogen-bond donors (Lipinski definition) is 1. The van der Waals surface area contributed by atoms with Gasteiger partial charge in [-0.1, -0.05) is 41.2 Å². The Hall–Kier alpha value is -1.63. The molecule has 132 valence electrons. The summed E-state index contributed by atoms with van der Waals surface area (Å²) in [6.07, 6.45) is 4.39. The van der Waals surface area contributed by atoms with Crippen LogP contribution in [0.4, 0.5) is 5.69 Å². The molecule has 1 aliphatic heterocycles. The number of carbonyl (C=O) groups is 1. The maximum atomic E-state index is 12.8. The number of halogens is 2. The summed E-state index contributed by atoms with van der Waals surface area (Å²) in [6.45, 7) is 0.523. The Morgan fingerprint density at radius 1 is 1.28 bits per heavy atom. The Bertz CT molecular complexity index is 817. The van der Waals surface area contributed by atoms with Crippen LogP contribution in [0.15, 0.2) is 22.7 Å². The van der Waals surface area contributed by atoms with Crippen molar-refractivity contribution in [2.75, 3.05) is 11.4 Å². The Morgan fingerprint density at radius 2 is 2.04 bits per heavy atom. The van der Waals surface area contributed by atoms with Gasteiger partial charge in [0.05, 0.1) is 16.2 Å². The fraction of sp³-hybridized carbons (Fsp3) is 0.471. The number of rotatable bonds is 3. The number of aromatic nitrogens is 2. The fourth-order valence-corrected chi connectivity index (χ4v) is 4.04. The van der Waals surface area contributed by atoms with Gasteiger partial charge in [-0.05, 0) is 37.5 Å². The maximum absolute atomic E-state index is 12.8. The van der Waals surface area contributed by atoms with Crippen LogP contribution in [0.1, 0.15) is 49.7 Å². The van der Waals surface area contributed by atoms with E-state index in [1.807, 2.05) is 0 Å². The lowest BCUT2D eigenvalue weighted by molar-refractivity contribution is -0.118. The summed E-state index contributed by atoms with van der Waals surface area (Å²) in [4.78, 5) is 18.9. The van der Waals surface area contributed by atoms with E-state index in [9.17, 15) is 4.79 Å². The molecule has 1 atom stereocenters. The molecule has 2 heterocycles. The Kier molecular flexibility index (Phi) is 4.22. The summed E-state index contributed by atoms with van der Waals surface area (Å²) in [5.74, 6) is 0.252. The van der Waals surface area contributed by atoms with E-state index in [1.54, 1.807) is 23.1 Å². The number of anilines is 1. The quantitative estimate of drug-likeness (QED) is 0.878. The highest BCUT2D eigenvalue weighted by Crippen LogP contribution is 2.38. The van der Waals surface area contributed by atoms with Gasteiger partial charge in [0, 0.05) is 11.6 Å². The van der Waals surface area contributed by atoms with Crippen molar-refractivity contribution in [3.8, 4) is 0 Å². The molecule has 1 unspecified atom stereocenters. The highest BCUT2D eigenvalue weighted by atomic mass is 35.5. The smallest absolute Gasteiger partial charge is 0.239 e. The van der Waals surface area contributed by atoms with Crippen molar-refractivity contribution in [3.63, 3.8) is 0 Å². The van der Waals surface area contributed by atoms with Crippen LogP contribution in [0, 0.1) is 0 Å². The molecule has 6 nitrogen and oxygen atoms in total. The molecular weight excluding hydrogens is 363 g/mol. The number of hydrogen-bond acceptors (Lipinski definition) is 5. The number of carbonyl (C=O) groups excluding carboxylic acids is 1. The minimum atomic E-state index is -0.528. The summed E-state index contributed by atoms with van der Waals surface area (Å²) in [5.41, 5.74) is 6.45. The van der Waals surface area contributed by atoms with Gasteiger partial charge in [0.1, 0.15) is 5.92 Å². The molecule has 1 aromatic heterocycles. The summed E-state index contributed by atoms with van der Waals surface area (Å²) >= 11 is 12.3. The van der Waals surface area contributed by atoms with Crippen LogP contribution in [0.5, 0.6) is 0 Å². The van der Waals surface area contributed by atoms with Crippen molar-refractivity contribution in [2.24, 2.45) is 5.73 Å². The van der Waals surface area contributed by atoms with E-state index in [4.69, 9.17) is 33.5 Å². The van der Waals surface area contributed by atoms with Crippen molar-refractivity contribution in [1.82, 2.24) is 10.1 Å². The predicted octanol–water partition coefficient (Wildman–Crippen LogP) is 3.62. The molecule has 4 rings (SSSR count). The SMILES string of the molecule is NC1(c2noc(C3CCN(c4cc(Cl)ccc4Cl)C3=O)n2)CCCC1. The minimum absolute atomic E-state index is 0.114. The van der Waals surface area contributed by atoms with Crippen LogP contribution in [-0.2, 0) is 10.3 Å². The van der Waals surface area contributed by atoms with Gasteiger partial charge in [0.2, 0.25) is 11.8 Å². The average molecular weight is 381 g/mol. The second-order valence-corrected chi connectivity index (χ2v) is 7.59. The molecule has 0 bridgehead atoms. The zero-order valence-electron chi connectivity index (χ0n) is 13.5. The maximum Gasteiger partial charge on any atom is 0.239 e. The normalized spacial score (nSPS) is 22.8. The molecule has 1 amide bonds. The second kappa shape index (κ2) is 6.27. The third kappa shape index (κ3) is 2.92. The summed E-state index contributed by atoms with van der Waals surface area (Å²) in [6, 6.07) is 5.07. The molecule has 1 saturated carbocycles. The topological polar surface area (TPSA) is 85.2 Å². The first-order chi connectivity index (χ1) is 12.0. The van der Waals surface area contributed by atoms with E-state index < -0.39 is 11.5 Å². The molecule has 1 aromatic carbocycles. The molecule has 25 heavy (non-hydrogen) atoms. The van der Waals surface area contributed by atoms with Crippen LogP contribution in [0.2, 0.25) is 10.0 Å². The van der Waals surface area contributed by atoms with Gasteiger partial charge in [0.25, 0.3) is 0 Å². The molecule has 0 spiro atoms. The molecule has 0 radical (unpaired) electrons. The van der Waals surface area contributed by atoms with E-state index in [1.165, 1.54) is 0 Å². The lowest BCUT2D eigenvalue weighted by Crippen LogP contribution is -2.34. The van der Waals surface area contributed by atoms with E-state index in [2.05, 4.69) is 10.1 Å². The van der Waals surface area contributed by atoms with Gasteiger partial charge in [-0.2, -0.15) is 4.98 Å². The third-order valence-electron chi connectivity index (χ3n) is 5.09. The van der Waals surface area contributed by atoms with E-state index in [0.29, 0.717) is 40.4 Å². The van der Waals surface area contributed by atoms with Crippen LogP contribution in [-0.4, -0.2) is 22.6 Å². The van der Waals surface area contributed by atoms with Crippen LogP contribution in [0.25, 0.3) is 0 Å². The van der Waals surface area contributed by atoms with Crippen molar-refractivity contribution in [3.05, 3.63) is 40.0 Å². The molecule has 1 aliphatic carbocycles. The number of amides is 1. The first-order valence-corrected chi connectivity index (χ1v) is 9.13. The molecule has 2 fully saturated rings. The molecule has 2 N–H and O–H groups in total. The Balaban J connectivity index is 1.58. The number of nitrogens with two attached hydrogens (primary N) is 1. The first-order valence-electron chi connectivity index (χ1n) is 8.37. The highest BCUT2D eigenvalue weighted by Gasteiger charge is 2.41. The van der Waals surface area contributed by atoms with Gasteiger partial charge in [-0.15, -0.1) is 0 Å². The third-order valence-corrected chi connectivity index (χ3v) is 5.64. The summed E-state index contributed by atoms with van der Waals surface area (Å²) in [7, 11) is 0. The van der Waals surface area contributed by atoms with Crippen LogP contribution >= 0.6 is 23.2 Å². The predicted molar refractivity (Wildman–Crippen MR) is 94.8 cm³/mol. The zero-order valence-corrected chi connectivity index (χ0v) is 15.1. The van der Waals surface area contributed by atoms with Gasteiger partial charge in [-0.25, -0.2) is 0 Å². The van der Waals surface area contributed by atoms with Crippen molar-refractivity contribution in [1.29, 1.82) is 0 Å². The average Bonchev–Trinajstić information content (AvgIpc) is 3.30. The molecule has 2 aliphatic rings. The summed E-state index contributed by atoms with van der Waals surface area (Å²) < 4.78 is 5.39.